The van der Waals surface area contributed by atoms with Crippen LogP contribution < -0.4 is 21.9 Å². The Hall–Kier alpha value is -5.27. The van der Waals surface area contributed by atoms with Gasteiger partial charge in [-0.15, -0.1) is 0 Å². The van der Waals surface area contributed by atoms with E-state index in [0.717, 1.165) is 16.5 Å². The Morgan fingerprint density at radius 2 is 1.89 bits per heavy atom. The fourth-order valence-corrected chi connectivity index (χ4v) is 5.60. The van der Waals surface area contributed by atoms with Crippen molar-refractivity contribution in [3.63, 3.8) is 0 Å². The van der Waals surface area contributed by atoms with Crippen molar-refractivity contribution in [3.05, 3.63) is 63.4 Å². The molecule has 0 unspecified atom stereocenters. The Bertz CT molecular complexity index is 1830. The van der Waals surface area contributed by atoms with Crippen molar-refractivity contribution in [1.82, 2.24) is 20.2 Å². The molecule has 46 heavy (non-hydrogen) atoms. The molecule has 0 saturated heterocycles. The minimum atomic E-state index is -1.97. The zero-order valence-corrected chi connectivity index (χ0v) is 25.9. The van der Waals surface area contributed by atoms with Gasteiger partial charge in [0.2, 0.25) is 17.4 Å². The maximum Gasteiger partial charge on any atom is 0.408 e. The van der Waals surface area contributed by atoms with Crippen LogP contribution in [0.3, 0.4) is 0 Å². The van der Waals surface area contributed by atoms with E-state index in [1.165, 1.54) is 0 Å². The van der Waals surface area contributed by atoms with E-state index >= 15 is 0 Å². The quantitative estimate of drug-likeness (QED) is 0.181. The summed E-state index contributed by atoms with van der Waals surface area (Å²) < 4.78 is 17.8. The van der Waals surface area contributed by atoms with Crippen molar-refractivity contribution in [1.29, 1.82) is 0 Å². The van der Waals surface area contributed by atoms with E-state index in [9.17, 15) is 28.8 Å². The average Bonchev–Trinajstić information content (AvgIpc) is 3.35. The highest BCUT2D eigenvalue weighted by Gasteiger charge is 2.50. The summed E-state index contributed by atoms with van der Waals surface area (Å²) in [7, 11) is 0. The largest absolute Gasteiger partial charge is 0.457 e. The van der Waals surface area contributed by atoms with Gasteiger partial charge in [0, 0.05) is 22.9 Å². The van der Waals surface area contributed by atoms with Crippen LogP contribution in [0, 0.1) is 0 Å². The number of benzene rings is 1. The van der Waals surface area contributed by atoms with E-state index in [-0.39, 0.29) is 43.5 Å². The van der Waals surface area contributed by atoms with Crippen molar-refractivity contribution < 1.29 is 38.2 Å². The van der Waals surface area contributed by atoms with Gasteiger partial charge in [0.1, 0.15) is 24.8 Å². The van der Waals surface area contributed by atoms with Crippen LogP contribution in [0.2, 0.25) is 0 Å². The third kappa shape index (κ3) is 6.28. The highest BCUT2D eigenvalue weighted by Crippen LogP contribution is 2.40. The van der Waals surface area contributed by atoms with Crippen LogP contribution >= 0.6 is 0 Å². The molecule has 2 aromatic heterocycles. The minimum absolute atomic E-state index is 0.0686. The molecule has 14 nitrogen and oxygen atoms in total. The molecule has 2 aliphatic heterocycles. The number of primary amides is 1. The van der Waals surface area contributed by atoms with Gasteiger partial charge in [-0.05, 0) is 51.8 Å². The third-order valence-corrected chi connectivity index (χ3v) is 7.77. The zero-order chi connectivity index (χ0) is 33.4. The summed E-state index contributed by atoms with van der Waals surface area (Å²) in [6.45, 7) is 5.80. The number of hydrogen-bond donors (Lipinski definition) is 3. The second-order valence-electron chi connectivity index (χ2n) is 12.2. The first kappa shape index (κ1) is 32.1. The van der Waals surface area contributed by atoms with Crippen molar-refractivity contribution in [2.45, 2.75) is 77.4 Å². The maximum absolute atomic E-state index is 13.7. The molecule has 5 rings (SSSR count). The number of carbonyl (C=O) groups is 5. The number of esters is 2. The summed E-state index contributed by atoms with van der Waals surface area (Å²) in [6, 6.07) is 9.90. The smallest absolute Gasteiger partial charge is 0.408 e. The summed E-state index contributed by atoms with van der Waals surface area (Å²) in [4.78, 5) is 81.6. The first-order valence-electron chi connectivity index (χ1n) is 14.8. The highest BCUT2D eigenvalue weighted by atomic mass is 16.6. The molecule has 4 heterocycles. The first-order valence-corrected chi connectivity index (χ1v) is 14.8. The van der Waals surface area contributed by atoms with Crippen LogP contribution in [0.1, 0.15) is 63.6 Å². The van der Waals surface area contributed by atoms with E-state index in [0.29, 0.717) is 11.4 Å². The molecule has 14 heteroatoms. The van der Waals surface area contributed by atoms with Gasteiger partial charge in [-0.3, -0.25) is 19.2 Å². The molecular weight excluding hydrogens is 598 g/mol. The number of fused-ring (bicyclic) bond motifs is 5. The molecule has 0 fully saturated rings. The van der Waals surface area contributed by atoms with E-state index < -0.39 is 59.2 Å². The number of amides is 3. The number of alkyl carbamates (subject to hydrolysis) is 1. The van der Waals surface area contributed by atoms with Crippen molar-refractivity contribution in [2.24, 2.45) is 5.73 Å². The second-order valence-corrected chi connectivity index (χ2v) is 12.2. The Morgan fingerprint density at radius 1 is 1.15 bits per heavy atom. The lowest BCUT2D eigenvalue weighted by molar-refractivity contribution is -0.189. The van der Waals surface area contributed by atoms with Crippen LogP contribution in [0.25, 0.3) is 22.3 Å². The van der Waals surface area contributed by atoms with Crippen LogP contribution in [-0.2, 0) is 52.1 Å². The molecule has 0 bridgehead atoms. The number of nitrogens with one attached hydrogen (secondary N) is 2. The number of hydrogen-bond acceptors (Lipinski definition) is 10. The van der Waals surface area contributed by atoms with Crippen molar-refractivity contribution in [3.8, 4) is 11.4 Å². The van der Waals surface area contributed by atoms with E-state index in [1.807, 2.05) is 30.3 Å². The zero-order valence-electron chi connectivity index (χ0n) is 25.9. The summed E-state index contributed by atoms with van der Waals surface area (Å²) in [5.74, 6) is -3.37. The van der Waals surface area contributed by atoms with Crippen LogP contribution in [-0.4, -0.2) is 57.6 Å². The molecule has 2 atom stereocenters. The van der Waals surface area contributed by atoms with Gasteiger partial charge in [-0.1, -0.05) is 25.1 Å². The molecule has 3 aromatic rings. The molecule has 242 valence electrons. The number of cyclic esters (lactones) is 1. The normalized spacial score (nSPS) is 17.2. The van der Waals surface area contributed by atoms with Gasteiger partial charge in [-0.25, -0.2) is 14.6 Å². The van der Waals surface area contributed by atoms with Gasteiger partial charge in [0.25, 0.3) is 5.56 Å². The van der Waals surface area contributed by atoms with E-state index in [2.05, 4.69) is 10.6 Å². The van der Waals surface area contributed by atoms with Gasteiger partial charge in [-0.2, -0.15) is 0 Å². The lowest BCUT2D eigenvalue weighted by Crippen LogP contribution is -2.51. The first-order chi connectivity index (χ1) is 21.7. The number of nitrogens with two attached hydrogens (primary N) is 1. The molecule has 0 saturated carbocycles. The summed E-state index contributed by atoms with van der Waals surface area (Å²) in [5, 5.41) is 5.65. The van der Waals surface area contributed by atoms with Gasteiger partial charge < -0.3 is 35.1 Å². The predicted octanol–water partition coefficient (Wildman–Crippen LogP) is 1.91. The summed E-state index contributed by atoms with van der Waals surface area (Å²) >= 11 is 0. The highest BCUT2D eigenvalue weighted by molar-refractivity contribution is 5.91. The number of nitrogens with zero attached hydrogens (tertiary/aromatic N) is 2. The molecular formula is C32H35N5O9. The average molecular weight is 634 g/mol. The Morgan fingerprint density at radius 3 is 2.59 bits per heavy atom. The van der Waals surface area contributed by atoms with Crippen LogP contribution in [0.5, 0.6) is 0 Å². The molecule has 1 aromatic carbocycles. The molecule has 0 radical (unpaired) electrons. The number of carbonyl (C=O) groups excluding carboxylic acids is 5. The fraction of sp³-hybridized carbons (Fsp3) is 0.406. The van der Waals surface area contributed by atoms with Crippen LogP contribution in [0.15, 0.2) is 41.2 Å². The van der Waals surface area contributed by atoms with E-state index in [4.69, 9.17) is 24.9 Å². The number of aromatic nitrogens is 2. The number of ether oxygens (including phenoxy) is 3. The summed E-state index contributed by atoms with van der Waals surface area (Å²) in [5.41, 5.74) is 4.99. The van der Waals surface area contributed by atoms with Gasteiger partial charge >= 0.3 is 18.0 Å². The standard InChI is InChI=1S/C32H35N5O9/c1-5-32(45-25(39)14-34-27(40)22(10-11-24(33)38)36-30(43)46-31(2,3)4)20-13-23-26-18(12-17-8-6-7-9-21(17)35-26)15-37(23)28(41)19(20)16-44-29(32)42/h6-9,12-13,22H,5,10-11,14-16H2,1-4H3,(H2,33,38)(H,34,40)(H,36,43)/t22-,32-/m0/s1. The topological polar surface area (TPSA) is 198 Å². The minimum Gasteiger partial charge on any atom is -0.457 e. The molecule has 3 amide bonds. The predicted molar refractivity (Wildman–Crippen MR) is 163 cm³/mol. The third-order valence-electron chi connectivity index (χ3n) is 7.77. The Balaban J connectivity index is 1.39. The SMILES string of the molecule is CC[C@@]1(OC(=O)CNC(=O)[C@H](CCC(N)=O)NC(=O)OC(C)(C)C)C(=O)OCc2c1cc1n(c2=O)Cc2cc3ccccc3nc2-1. The monoisotopic (exact) mass is 633 g/mol. The number of rotatable bonds is 9. The molecule has 2 aliphatic rings. The van der Waals surface area contributed by atoms with E-state index in [1.54, 1.807) is 38.3 Å². The fourth-order valence-electron chi connectivity index (χ4n) is 5.60. The number of para-hydroxylation sites is 1. The Labute approximate surface area is 263 Å². The maximum atomic E-state index is 13.7. The van der Waals surface area contributed by atoms with Crippen molar-refractivity contribution in [2.75, 3.05) is 6.54 Å². The molecule has 4 N–H and O–H groups in total. The van der Waals surface area contributed by atoms with Crippen LogP contribution in [0.4, 0.5) is 4.79 Å². The number of pyridine rings is 2. The second kappa shape index (κ2) is 12.3. The van der Waals surface area contributed by atoms with Gasteiger partial charge in [0.05, 0.1) is 29.0 Å². The lowest BCUT2D eigenvalue weighted by Gasteiger charge is -2.35. The van der Waals surface area contributed by atoms with Gasteiger partial charge in [0.15, 0.2) is 0 Å². The lowest BCUT2D eigenvalue weighted by atomic mass is 9.85. The van der Waals surface area contributed by atoms with Crippen molar-refractivity contribution >= 4 is 40.7 Å². The Kier molecular flexibility index (Phi) is 8.56. The molecule has 0 aliphatic carbocycles. The molecule has 0 spiro atoms. The summed E-state index contributed by atoms with van der Waals surface area (Å²) in [6.07, 6.45) is -1.36.